The zero-order valence-electron chi connectivity index (χ0n) is 10.2. The quantitative estimate of drug-likeness (QED) is 0.751. The van der Waals surface area contributed by atoms with Gasteiger partial charge >= 0.3 is 0 Å². The lowest BCUT2D eigenvalue weighted by Crippen LogP contribution is -2.25. The number of rotatable bonds is 8. The monoisotopic (exact) mass is 301 g/mol. The topological polar surface area (TPSA) is 44.5 Å². The minimum atomic E-state index is 0.113. The Hall–Kier alpha value is -0.420. The first-order chi connectivity index (χ1) is 8.26. The Morgan fingerprint density at radius 3 is 2.88 bits per heavy atom. The number of hydrogen-bond donors (Lipinski definition) is 1. The third-order valence-corrected chi connectivity index (χ3v) is 2.90. The fourth-order valence-corrected chi connectivity index (χ4v) is 1.98. The average Bonchev–Trinajstić information content (AvgIpc) is 2.33. The molecule has 0 bridgehead atoms. The molecule has 0 radical (unpaired) electrons. The van der Waals surface area contributed by atoms with Crippen LogP contribution in [-0.4, -0.2) is 25.9 Å². The molecule has 0 saturated carbocycles. The molecule has 1 unspecified atom stereocenters. The molecule has 2 N–H and O–H groups in total. The molecule has 0 aromatic heterocycles. The van der Waals surface area contributed by atoms with Gasteiger partial charge < -0.3 is 15.2 Å². The van der Waals surface area contributed by atoms with Gasteiger partial charge in [0.15, 0.2) is 0 Å². The van der Waals surface area contributed by atoms with Gasteiger partial charge in [0.2, 0.25) is 0 Å². The second-order valence-electron chi connectivity index (χ2n) is 3.78. The van der Waals surface area contributed by atoms with Crippen LogP contribution in [0.15, 0.2) is 28.7 Å². The Bertz CT molecular complexity index is 320. The van der Waals surface area contributed by atoms with Gasteiger partial charge in [0.25, 0.3) is 0 Å². The van der Waals surface area contributed by atoms with E-state index in [4.69, 9.17) is 15.2 Å². The Kier molecular flexibility index (Phi) is 7.44. The molecule has 0 fully saturated rings. The highest BCUT2D eigenvalue weighted by Gasteiger charge is 2.05. The smallest absolute Gasteiger partial charge is 0.0719 e. The summed E-state index contributed by atoms with van der Waals surface area (Å²) in [6.07, 6.45) is 0.959. The number of halogens is 1. The van der Waals surface area contributed by atoms with Crippen molar-refractivity contribution in [3.05, 3.63) is 34.3 Å². The van der Waals surface area contributed by atoms with Crippen molar-refractivity contribution in [1.29, 1.82) is 0 Å². The summed E-state index contributed by atoms with van der Waals surface area (Å²) in [5, 5.41) is 0. The van der Waals surface area contributed by atoms with Crippen LogP contribution in [0.1, 0.15) is 18.9 Å². The summed E-state index contributed by atoms with van der Waals surface area (Å²) in [6.45, 7) is 4.53. The van der Waals surface area contributed by atoms with E-state index in [1.54, 1.807) is 0 Å². The van der Waals surface area contributed by atoms with Crippen molar-refractivity contribution in [3.63, 3.8) is 0 Å². The summed E-state index contributed by atoms with van der Waals surface area (Å²) in [7, 11) is 0. The lowest BCUT2D eigenvalue weighted by molar-refractivity contribution is 0.0289. The summed E-state index contributed by atoms with van der Waals surface area (Å²) in [5.41, 5.74) is 6.75. The second kappa shape index (κ2) is 8.64. The molecule has 0 aliphatic carbocycles. The molecule has 0 saturated heterocycles. The Labute approximate surface area is 111 Å². The molecule has 0 spiro atoms. The molecule has 0 heterocycles. The van der Waals surface area contributed by atoms with Crippen LogP contribution in [0.3, 0.4) is 0 Å². The molecule has 1 rings (SSSR count). The number of nitrogens with two attached hydrogens (primary N) is 1. The molecule has 1 atom stereocenters. The highest BCUT2D eigenvalue weighted by Crippen LogP contribution is 2.12. The zero-order chi connectivity index (χ0) is 12.5. The van der Waals surface area contributed by atoms with Crippen molar-refractivity contribution in [3.8, 4) is 0 Å². The van der Waals surface area contributed by atoms with Crippen LogP contribution in [0, 0.1) is 0 Å². The van der Waals surface area contributed by atoms with E-state index >= 15 is 0 Å². The summed E-state index contributed by atoms with van der Waals surface area (Å²) >= 11 is 3.43. The number of benzene rings is 1. The van der Waals surface area contributed by atoms with E-state index < -0.39 is 0 Å². The van der Waals surface area contributed by atoms with Gasteiger partial charge in [0, 0.05) is 24.2 Å². The van der Waals surface area contributed by atoms with Crippen molar-refractivity contribution in [2.45, 2.75) is 26.1 Å². The molecule has 1 aromatic rings. The normalized spacial score (nSPS) is 12.6. The maximum atomic E-state index is 5.60. The van der Waals surface area contributed by atoms with Gasteiger partial charge in [0.1, 0.15) is 0 Å². The predicted molar refractivity (Wildman–Crippen MR) is 72.9 cm³/mol. The summed E-state index contributed by atoms with van der Waals surface area (Å²) in [6, 6.07) is 8.12. The predicted octanol–water partition coefficient (Wildman–Crippen LogP) is 2.72. The Morgan fingerprint density at radius 1 is 1.41 bits per heavy atom. The van der Waals surface area contributed by atoms with Crippen molar-refractivity contribution in [1.82, 2.24) is 0 Å². The third kappa shape index (κ3) is 6.17. The number of ether oxygens (including phenoxy) is 2. The van der Waals surface area contributed by atoms with Gasteiger partial charge in [-0.1, -0.05) is 28.1 Å². The molecule has 0 amide bonds. The largest absolute Gasteiger partial charge is 0.377 e. The van der Waals surface area contributed by atoms with Crippen LogP contribution in [0.2, 0.25) is 0 Å². The standard InChI is InChI=1S/C13H20BrNO2/c1-2-17-13(9-15)6-7-16-10-11-4-3-5-12(14)8-11/h3-5,8,13H,2,6-7,9-10,15H2,1H3. The van der Waals surface area contributed by atoms with E-state index in [9.17, 15) is 0 Å². The summed E-state index contributed by atoms with van der Waals surface area (Å²) in [4.78, 5) is 0. The van der Waals surface area contributed by atoms with Crippen LogP contribution in [-0.2, 0) is 16.1 Å². The van der Waals surface area contributed by atoms with Gasteiger partial charge in [-0.25, -0.2) is 0 Å². The SMILES string of the molecule is CCOC(CN)CCOCc1cccc(Br)c1. The highest BCUT2D eigenvalue weighted by molar-refractivity contribution is 9.10. The second-order valence-corrected chi connectivity index (χ2v) is 4.70. The molecule has 4 heteroatoms. The van der Waals surface area contributed by atoms with E-state index in [1.165, 1.54) is 5.56 Å². The summed E-state index contributed by atoms with van der Waals surface area (Å²) < 4.78 is 12.1. The lowest BCUT2D eigenvalue weighted by atomic mass is 10.2. The Balaban J connectivity index is 2.19. The molecule has 3 nitrogen and oxygen atoms in total. The molecule has 17 heavy (non-hydrogen) atoms. The van der Waals surface area contributed by atoms with Gasteiger partial charge in [-0.05, 0) is 31.0 Å². The van der Waals surface area contributed by atoms with E-state index in [2.05, 4.69) is 22.0 Å². The van der Waals surface area contributed by atoms with Crippen LogP contribution in [0.25, 0.3) is 0 Å². The van der Waals surface area contributed by atoms with Gasteiger partial charge in [0.05, 0.1) is 12.7 Å². The van der Waals surface area contributed by atoms with Crippen LogP contribution in [0.4, 0.5) is 0 Å². The van der Waals surface area contributed by atoms with Crippen LogP contribution in [0.5, 0.6) is 0 Å². The van der Waals surface area contributed by atoms with Crippen molar-refractivity contribution in [2.24, 2.45) is 5.73 Å². The molecule has 0 aliphatic heterocycles. The fraction of sp³-hybridized carbons (Fsp3) is 0.538. The van der Waals surface area contributed by atoms with Crippen molar-refractivity contribution in [2.75, 3.05) is 19.8 Å². The Morgan fingerprint density at radius 2 is 2.24 bits per heavy atom. The van der Waals surface area contributed by atoms with Gasteiger partial charge in [-0.2, -0.15) is 0 Å². The van der Waals surface area contributed by atoms with Crippen LogP contribution >= 0.6 is 15.9 Å². The van der Waals surface area contributed by atoms with E-state index in [-0.39, 0.29) is 6.10 Å². The third-order valence-electron chi connectivity index (χ3n) is 2.41. The molecule has 0 aliphatic rings. The van der Waals surface area contributed by atoms with Crippen molar-refractivity contribution >= 4 is 15.9 Å². The fourth-order valence-electron chi connectivity index (χ4n) is 1.54. The van der Waals surface area contributed by atoms with E-state index in [0.29, 0.717) is 26.4 Å². The molecular formula is C13H20BrNO2. The lowest BCUT2D eigenvalue weighted by Gasteiger charge is -2.14. The molecule has 1 aromatic carbocycles. The number of hydrogen-bond acceptors (Lipinski definition) is 3. The first-order valence-electron chi connectivity index (χ1n) is 5.90. The molecular weight excluding hydrogens is 282 g/mol. The summed E-state index contributed by atoms with van der Waals surface area (Å²) in [5.74, 6) is 0. The minimum Gasteiger partial charge on any atom is -0.377 e. The molecule has 96 valence electrons. The van der Waals surface area contributed by atoms with Crippen molar-refractivity contribution < 1.29 is 9.47 Å². The van der Waals surface area contributed by atoms with Crippen LogP contribution < -0.4 is 5.73 Å². The first-order valence-corrected chi connectivity index (χ1v) is 6.69. The zero-order valence-corrected chi connectivity index (χ0v) is 11.8. The van der Waals surface area contributed by atoms with E-state index in [1.807, 2.05) is 25.1 Å². The maximum absolute atomic E-state index is 5.60. The van der Waals surface area contributed by atoms with Gasteiger partial charge in [-0.15, -0.1) is 0 Å². The van der Waals surface area contributed by atoms with Gasteiger partial charge in [-0.3, -0.25) is 0 Å². The van der Waals surface area contributed by atoms with E-state index in [0.717, 1.165) is 10.9 Å². The average molecular weight is 302 g/mol. The minimum absolute atomic E-state index is 0.113. The highest BCUT2D eigenvalue weighted by atomic mass is 79.9. The maximum Gasteiger partial charge on any atom is 0.0719 e. The first kappa shape index (κ1) is 14.6.